The molecule has 0 radical (unpaired) electrons. The van der Waals surface area contributed by atoms with Gasteiger partial charge in [0, 0.05) is 24.6 Å². The Hall–Kier alpha value is -3.56. The Morgan fingerprint density at radius 3 is 2.35 bits per heavy atom. The van der Waals surface area contributed by atoms with Crippen molar-refractivity contribution in [1.29, 1.82) is 0 Å². The Balaban J connectivity index is 1.76. The second-order valence-electron chi connectivity index (χ2n) is 8.53. The second kappa shape index (κ2) is 12.3. The molecule has 0 aliphatic carbocycles. The number of hydrogen-bond donors (Lipinski definition) is 1. The molecule has 0 unspecified atom stereocenters. The summed E-state index contributed by atoms with van der Waals surface area (Å²) in [4.78, 5) is 32.0. The lowest BCUT2D eigenvalue weighted by atomic mass is 10.1. The van der Waals surface area contributed by atoms with Crippen molar-refractivity contribution in [3.8, 4) is 0 Å². The standard InChI is InChI=1S/C30H18Br2Cl2N4O2/c31-21-15-23-27(24(32)16-21)37-28(38(30(23)40)35-17-18-10-12-22(33)13-11-18)26(14-20-8-4-5-9-25(20)34)36-29(39)19-6-2-1-3-7-19/h1-17H,(H,36,39)/b26-14-,35-17+. The summed E-state index contributed by atoms with van der Waals surface area (Å²) in [5, 5.41) is 8.77. The molecule has 0 spiro atoms. The summed E-state index contributed by atoms with van der Waals surface area (Å²) >= 11 is 19.5. The summed E-state index contributed by atoms with van der Waals surface area (Å²) < 4.78 is 2.44. The van der Waals surface area contributed by atoms with Crippen molar-refractivity contribution in [1.82, 2.24) is 15.0 Å². The van der Waals surface area contributed by atoms with Gasteiger partial charge in [0.1, 0.15) is 0 Å². The van der Waals surface area contributed by atoms with Gasteiger partial charge in [-0.3, -0.25) is 9.59 Å². The van der Waals surface area contributed by atoms with Crippen molar-refractivity contribution in [2.24, 2.45) is 5.10 Å². The number of aromatic nitrogens is 2. The molecule has 10 heteroatoms. The highest BCUT2D eigenvalue weighted by Gasteiger charge is 2.20. The number of benzene rings is 4. The number of carbonyl (C=O) groups is 1. The third-order valence-electron chi connectivity index (χ3n) is 5.79. The molecule has 0 saturated heterocycles. The van der Waals surface area contributed by atoms with Gasteiger partial charge in [0.15, 0.2) is 5.82 Å². The van der Waals surface area contributed by atoms with E-state index in [1.165, 1.54) is 6.21 Å². The Morgan fingerprint density at radius 2 is 1.62 bits per heavy atom. The van der Waals surface area contributed by atoms with Crippen LogP contribution in [0, 0.1) is 0 Å². The van der Waals surface area contributed by atoms with Crippen LogP contribution in [0.5, 0.6) is 0 Å². The maximum atomic E-state index is 13.9. The molecule has 198 valence electrons. The zero-order chi connectivity index (χ0) is 28.2. The lowest BCUT2D eigenvalue weighted by molar-refractivity contribution is 0.0973. The molecular weight excluding hydrogens is 679 g/mol. The van der Waals surface area contributed by atoms with E-state index >= 15 is 0 Å². The van der Waals surface area contributed by atoms with Gasteiger partial charge in [-0.15, -0.1) is 0 Å². The Labute approximate surface area is 256 Å². The molecule has 40 heavy (non-hydrogen) atoms. The molecule has 0 aliphatic heterocycles. The molecule has 0 atom stereocenters. The average molecular weight is 697 g/mol. The van der Waals surface area contributed by atoms with E-state index in [2.05, 4.69) is 42.3 Å². The molecule has 1 aromatic heterocycles. The molecule has 6 nitrogen and oxygen atoms in total. The quantitative estimate of drug-likeness (QED) is 0.183. The van der Waals surface area contributed by atoms with Crippen LogP contribution in [0.1, 0.15) is 27.3 Å². The van der Waals surface area contributed by atoms with Crippen molar-refractivity contribution in [3.05, 3.63) is 143 Å². The maximum absolute atomic E-state index is 13.9. The Bertz CT molecular complexity index is 1850. The van der Waals surface area contributed by atoms with Gasteiger partial charge < -0.3 is 5.32 Å². The van der Waals surface area contributed by atoms with Crippen LogP contribution >= 0.6 is 55.1 Å². The number of carbonyl (C=O) groups excluding carboxylic acids is 1. The highest BCUT2D eigenvalue weighted by molar-refractivity contribution is 9.11. The average Bonchev–Trinajstić information content (AvgIpc) is 2.95. The largest absolute Gasteiger partial charge is 0.319 e. The maximum Gasteiger partial charge on any atom is 0.282 e. The van der Waals surface area contributed by atoms with Crippen LogP contribution in [0.2, 0.25) is 10.0 Å². The van der Waals surface area contributed by atoms with Crippen LogP contribution in [0.15, 0.2) is 110 Å². The van der Waals surface area contributed by atoms with Crippen LogP contribution in [0.3, 0.4) is 0 Å². The van der Waals surface area contributed by atoms with Crippen LogP contribution in [-0.4, -0.2) is 21.8 Å². The van der Waals surface area contributed by atoms with E-state index < -0.39 is 11.5 Å². The van der Waals surface area contributed by atoms with Crippen molar-refractivity contribution in [2.75, 3.05) is 0 Å². The number of amides is 1. The lowest BCUT2D eigenvalue weighted by Crippen LogP contribution is -2.29. The Morgan fingerprint density at radius 1 is 0.925 bits per heavy atom. The summed E-state index contributed by atoms with van der Waals surface area (Å²) in [7, 11) is 0. The van der Waals surface area contributed by atoms with Crippen LogP contribution in [-0.2, 0) is 0 Å². The topological polar surface area (TPSA) is 76.3 Å². The Kier molecular flexibility index (Phi) is 8.61. The van der Waals surface area contributed by atoms with Gasteiger partial charge in [-0.05, 0) is 75.6 Å². The fraction of sp³-hybridized carbons (Fsp3) is 0. The number of nitrogens with one attached hydrogen (secondary N) is 1. The molecule has 0 bridgehead atoms. The van der Waals surface area contributed by atoms with Gasteiger partial charge in [-0.1, -0.05) is 87.7 Å². The van der Waals surface area contributed by atoms with Crippen molar-refractivity contribution >= 4 is 89.9 Å². The molecule has 1 heterocycles. The summed E-state index contributed by atoms with van der Waals surface area (Å²) in [6.45, 7) is 0. The number of rotatable bonds is 6. The van der Waals surface area contributed by atoms with Crippen LogP contribution in [0.25, 0.3) is 22.7 Å². The molecule has 5 rings (SSSR count). The minimum Gasteiger partial charge on any atom is -0.319 e. The van der Waals surface area contributed by atoms with Gasteiger partial charge in [0.05, 0.1) is 22.8 Å². The van der Waals surface area contributed by atoms with Crippen LogP contribution < -0.4 is 10.9 Å². The summed E-state index contributed by atoms with van der Waals surface area (Å²) in [6, 6.07) is 26.3. The van der Waals surface area contributed by atoms with E-state index in [0.717, 1.165) is 4.68 Å². The predicted octanol–water partition coefficient (Wildman–Crippen LogP) is 8.04. The SMILES string of the molecule is O=C(N/C(=C\c1ccccc1Cl)c1nc2c(Br)cc(Br)cc2c(=O)n1/N=C/c1ccc(Cl)cc1)c1ccccc1. The summed E-state index contributed by atoms with van der Waals surface area (Å²) in [5.74, 6) is -0.286. The van der Waals surface area contributed by atoms with Gasteiger partial charge in [-0.2, -0.15) is 9.78 Å². The highest BCUT2D eigenvalue weighted by Crippen LogP contribution is 2.28. The molecule has 0 aliphatic rings. The number of halogens is 4. The van der Waals surface area contributed by atoms with E-state index in [0.29, 0.717) is 46.6 Å². The van der Waals surface area contributed by atoms with Gasteiger partial charge in [-0.25, -0.2) is 4.98 Å². The minimum atomic E-state index is -0.439. The first kappa shape index (κ1) is 28.0. The fourth-order valence-corrected chi connectivity index (χ4v) is 5.48. The third-order valence-corrected chi connectivity index (χ3v) is 7.45. The first-order valence-corrected chi connectivity index (χ1v) is 14.2. The molecule has 1 N–H and O–H groups in total. The van der Waals surface area contributed by atoms with E-state index in [-0.39, 0.29) is 11.5 Å². The molecule has 0 saturated carbocycles. The van der Waals surface area contributed by atoms with E-state index in [1.807, 2.05) is 12.1 Å². The van der Waals surface area contributed by atoms with Crippen molar-refractivity contribution < 1.29 is 4.79 Å². The van der Waals surface area contributed by atoms with Gasteiger partial charge in [0.2, 0.25) is 0 Å². The van der Waals surface area contributed by atoms with Crippen molar-refractivity contribution in [2.45, 2.75) is 0 Å². The fourth-order valence-electron chi connectivity index (χ4n) is 3.85. The smallest absolute Gasteiger partial charge is 0.282 e. The highest BCUT2D eigenvalue weighted by atomic mass is 79.9. The van der Waals surface area contributed by atoms with E-state index in [1.54, 1.807) is 84.9 Å². The monoisotopic (exact) mass is 694 g/mol. The second-order valence-corrected chi connectivity index (χ2v) is 11.1. The third kappa shape index (κ3) is 6.26. The zero-order valence-electron chi connectivity index (χ0n) is 20.5. The molecule has 5 aromatic rings. The normalized spacial score (nSPS) is 11.8. The molecule has 4 aromatic carbocycles. The first-order valence-electron chi connectivity index (χ1n) is 11.8. The zero-order valence-corrected chi connectivity index (χ0v) is 25.2. The van der Waals surface area contributed by atoms with Gasteiger partial charge >= 0.3 is 0 Å². The summed E-state index contributed by atoms with van der Waals surface area (Å²) in [6.07, 6.45) is 3.19. The minimum absolute atomic E-state index is 0.106. The van der Waals surface area contributed by atoms with E-state index in [9.17, 15) is 9.59 Å². The number of hydrogen-bond acceptors (Lipinski definition) is 4. The molecule has 1 amide bonds. The summed E-state index contributed by atoms with van der Waals surface area (Å²) in [5.41, 5.74) is 1.94. The molecule has 0 fully saturated rings. The van der Waals surface area contributed by atoms with Gasteiger partial charge in [0.25, 0.3) is 11.5 Å². The van der Waals surface area contributed by atoms with E-state index in [4.69, 9.17) is 28.2 Å². The van der Waals surface area contributed by atoms with Crippen molar-refractivity contribution in [3.63, 3.8) is 0 Å². The van der Waals surface area contributed by atoms with Crippen LogP contribution in [0.4, 0.5) is 0 Å². The molecular formula is C30H18Br2Cl2N4O2. The first-order chi connectivity index (χ1) is 19.3. The predicted molar refractivity (Wildman–Crippen MR) is 169 cm³/mol. The number of nitrogens with zero attached hydrogens (tertiary/aromatic N) is 3. The number of fused-ring (bicyclic) bond motifs is 1. The lowest BCUT2D eigenvalue weighted by Gasteiger charge is -2.15.